The molecule has 3 N–H and O–H groups in total. The van der Waals surface area contributed by atoms with Gasteiger partial charge in [-0.15, -0.1) is 0 Å². The molecule has 0 bridgehead atoms. The predicted molar refractivity (Wildman–Crippen MR) is 113 cm³/mol. The van der Waals surface area contributed by atoms with Crippen LogP contribution in [0.2, 0.25) is 0 Å². The number of hydrogen-bond acceptors (Lipinski definition) is 5. The highest BCUT2D eigenvalue weighted by Crippen LogP contribution is 2.21. The predicted octanol–water partition coefficient (Wildman–Crippen LogP) is 4.70. The van der Waals surface area contributed by atoms with E-state index >= 15 is 0 Å². The maximum absolute atomic E-state index is 9.76. The van der Waals surface area contributed by atoms with E-state index in [2.05, 4.69) is 6.92 Å². The third-order valence-electron chi connectivity index (χ3n) is 5.77. The van der Waals surface area contributed by atoms with Crippen molar-refractivity contribution in [2.75, 3.05) is 13.2 Å². The molecule has 0 aliphatic carbocycles. The standard InChI is InChI=1S/C23H46O5/c1-2-3-4-5-6-7-8-9-10-11-12-13-14-15-16-17-27-22-18-20(25)23(26)21(19-24)28-22/h20-26H,2-19H2,1H3/t20-,21-,22+,23+/m1/s1. The lowest BCUT2D eigenvalue weighted by Gasteiger charge is -2.36. The van der Waals surface area contributed by atoms with Gasteiger partial charge in [0.1, 0.15) is 12.2 Å². The number of ether oxygens (including phenoxy) is 2. The molecule has 1 saturated heterocycles. The van der Waals surface area contributed by atoms with Gasteiger partial charge in [0.05, 0.1) is 12.7 Å². The minimum atomic E-state index is -1.03. The molecule has 1 heterocycles. The van der Waals surface area contributed by atoms with Crippen molar-refractivity contribution in [1.82, 2.24) is 0 Å². The molecule has 1 fully saturated rings. The lowest BCUT2D eigenvalue weighted by atomic mass is 10.0. The van der Waals surface area contributed by atoms with E-state index in [1.165, 1.54) is 83.5 Å². The highest BCUT2D eigenvalue weighted by atomic mass is 16.7. The first-order valence-electron chi connectivity index (χ1n) is 11.9. The molecule has 0 spiro atoms. The molecule has 0 aromatic heterocycles. The van der Waals surface area contributed by atoms with Crippen LogP contribution in [0.25, 0.3) is 0 Å². The zero-order valence-electron chi connectivity index (χ0n) is 18.2. The van der Waals surface area contributed by atoms with Crippen LogP contribution in [-0.4, -0.2) is 53.1 Å². The third-order valence-corrected chi connectivity index (χ3v) is 5.77. The van der Waals surface area contributed by atoms with Gasteiger partial charge in [-0.25, -0.2) is 0 Å². The van der Waals surface area contributed by atoms with Crippen LogP contribution in [0, 0.1) is 0 Å². The molecule has 28 heavy (non-hydrogen) atoms. The Hall–Kier alpha value is -0.200. The number of hydrogen-bond donors (Lipinski definition) is 3. The van der Waals surface area contributed by atoms with E-state index in [1.807, 2.05) is 0 Å². The SMILES string of the molecule is CCCCCCCCCCCCCCCCCO[C@@H]1C[C@@H](O)[C@H](O)[C@@H](CO)O1. The van der Waals surface area contributed by atoms with Crippen LogP contribution in [-0.2, 0) is 9.47 Å². The minimum absolute atomic E-state index is 0.260. The summed E-state index contributed by atoms with van der Waals surface area (Å²) >= 11 is 0. The first-order valence-corrected chi connectivity index (χ1v) is 11.9. The van der Waals surface area contributed by atoms with Crippen molar-refractivity contribution in [1.29, 1.82) is 0 Å². The van der Waals surface area contributed by atoms with Crippen molar-refractivity contribution < 1.29 is 24.8 Å². The van der Waals surface area contributed by atoms with Crippen molar-refractivity contribution in [3.63, 3.8) is 0 Å². The zero-order chi connectivity index (χ0) is 20.5. The van der Waals surface area contributed by atoms with Crippen molar-refractivity contribution in [3.05, 3.63) is 0 Å². The summed E-state index contributed by atoms with van der Waals surface area (Å²) in [6.07, 6.45) is 17.1. The van der Waals surface area contributed by atoms with Crippen LogP contribution in [0.15, 0.2) is 0 Å². The van der Waals surface area contributed by atoms with Gasteiger partial charge in [-0.1, -0.05) is 96.8 Å². The highest BCUT2D eigenvalue weighted by Gasteiger charge is 2.36. The molecule has 5 heteroatoms. The van der Waals surface area contributed by atoms with Crippen LogP contribution in [0.4, 0.5) is 0 Å². The topological polar surface area (TPSA) is 79.2 Å². The largest absolute Gasteiger partial charge is 0.394 e. The van der Waals surface area contributed by atoms with Gasteiger partial charge in [-0.05, 0) is 6.42 Å². The number of aliphatic hydroxyl groups excluding tert-OH is 3. The summed E-state index contributed by atoms with van der Waals surface area (Å²) in [6, 6.07) is 0. The van der Waals surface area contributed by atoms with Gasteiger partial charge in [-0.3, -0.25) is 0 Å². The fourth-order valence-electron chi connectivity index (χ4n) is 3.86. The van der Waals surface area contributed by atoms with E-state index in [0.717, 1.165) is 12.8 Å². The highest BCUT2D eigenvalue weighted by molar-refractivity contribution is 4.82. The van der Waals surface area contributed by atoms with E-state index in [0.29, 0.717) is 6.61 Å². The van der Waals surface area contributed by atoms with Gasteiger partial charge in [0.25, 0.3) is 0 Å². The summed E-state index contributed by atoms with van der Waals surface area (Å²) < 4.78 is 11.1. The molecule has 0 radical (unpaired) electrons. The van der Waals surface area contributed by atoms with Crippen LogP contribution >= 0.6 is 0 Å². The molecule has 1 aliphatic rings. The Morgan fingerprint density at radius 3 is 1.68 bits per heavy atom. The lowest BCUT2D eigenvalue weighted by molar-refractivity contribution is -0.256. The summed E-state index contributed by atoms with van der Waals surface area (Å²) in [5, 5.41) is 28.6. The molecule has 168 valence electrons. The van der Waals surface area contributed by atoms with Gasteiger partial charge in [0.15, 0.2) is 6.29 Å². The second-order valence-corrected chi connectivity index (χ2v) is 8.40. The maximum atomic E-state index is 9.76. The summed E-state index contributed by atoms with van der Waals surface area (Å²) in [6.45, 7) is 2.56. The number of unbranched alkanes of at least 4 members (excludes halogenated alkanes) is 14. The summed E-state index contributed by atoms with van der Waals surface area (Å²) in [5.41, 5.74) is 0. The molecule has 4 atom stereocenters. The van der Waals surface area contributed by atoms with E-state index in [1.54, 1.807) is 0 Å². The Labute approximate surface area is 172 Å². The summed E-state index contributed by atoms with van der Waals surface area (Å²) in [7, 11) is 0. The second kappa shape index (κ2) is 17.6. The molecule has 0 unspecified atom stereocenters. The number of rotatable bonds is 18. The Bertz CT molecular complexity index is 339. The van der Waals surface area contributed by atoms with E-state index in [-0.39, 0.29) is 13.0 Å². The Morgan fingerprint density at radius 2 is 1.21 bits per heavy atom. The average Bonchev–Trinajstić information content (AvgIpc) is 2.70. The molecule has 0 aromatic rings. The first kappa shape index (κ1) is 25.8. The maximum Gasteiger partial charge on any atom is 0.160 e. The average molecular weight is 403 g/mol. The van der Waals surface area contributed by atoms with Crippen molar-refractivity contribution in [3.8, 4) is 0 Å². The minimum Gasteiger partial charge on any atom is -0.394 e. The second-order valence-electron chi connectivity index (χ2n) is 8.40. The van der Waals surface area contributed by atoms with Crippen molar-refractivity contribution in [2.45, 2.75) is 134 Å². The quantitative estimate of drug-likeness (QED) is 0.290. The van der Waals surface area contributed by atoms with E-state index in [9.17, 15) is 10.2 Å². The molecule has 5 nitrogen and oxygen atoms in total. The van der Waals surface area contributed by atoms with E-state index < -0.39 is 24.6 Å². The Kier molecular flexibility index (Phi) is 16.3. The van der Waals surface area contributed by atoms with Gasteiger partial charge >= 0.3 is 0 Å². The van der Waals surface area contributed by atoms with E-state index in [4.69, 9.17) is 14.6 Å². The van der Waals surface area contributed by atoms with Crippen molar-refractivity contribution >= 4 is 0 Å². The number of aliphatic hydroxyl groups is 3. The first-order chi connectivity index (χ1) is 13.7. The van der Waals surface area contributed by atoms with Gasteiger partial charge in [0.2, 0.25) is 0 Å². The zero-order valence-corrected chi connectivity index (χ0v) is 18.2. The summed E-state index contributed by atoms with van der Waals surface area (Å²) in [5.74, 6) is 0. The molecular formula is C23H46O5. The molecule has 1 aliphatic heterocycles. The normalized spacial score (nSPS) is 25.3. The van der Waals surface area contributed by atoms with Gasteiger partial charge < -0.3 is 24.8 Å². The van der Waals surface area contributed by atoms with Gasteiger partial charge in [0, 0.05) is 13.0 Å². The molecule has 1 rings (SSSR count). The monoisotopic (exact) mass is 402 g/mol. The van der Waals surface area contributed by atoms with Crippen LogP contribution in [0.3, 0.4) is 0 Å². The lowest BCUT2D eigenvalue weighted by Crippen LogP contribution is -2.50. The molecule has 0 amide bonds. The van der Waals surface area contributed by atoms with Crippen LogP contribution in [0.5, 0.6) is 0 Å². The van der Waals surface area contributed by atoms with Crippen LogP contribution in [0.1, 0.15) is 110 Å². The van der Waals surface area contributed by atoms with Crippen LogP contribution < -0.4 is 0 Å². The Morgan fingerprint density at radius 1 is 0.750 bits per heavy atom. The van der Waals surface area contributed by atoms with Gasteiger partial charge in [-0.2, -0.15) is 0 Å². The smallest absolute Gasteiger partial charge is 0.160 e. The third kappa shape index (κ3) is 12.4. The fourth-order valence-corrected chi connectivity index (χ4v) is 3.86. The fraction of sp³-hybridized carbons (Fsp3) is 1.00. The molecule has 0 aromatic carbocycles. The molecule has 0 saturated carbocycles. The van der Waals surface area contributed by atoms with Crippen molar-refractivity contribution in [2.24, 2.45) is 0 Å². The summed E-state index contributed by atoms with van der Waals surface area (Å²) in [4.78, 5) is 0. The molecular weight excluding hydrogens is 356 g/mol. The Balaban J connectivity index is 1.81.